The van der Waals surface area contributed by atoms with Crippen molar-refractivity contribution in [2.45, 2.75) is 19.4 Å². The molecule has 0 aromatic heterocycles. The van der Waals surface area contributed by atoms with E-state index in [-0.39, 0.29) is 0 Å². The van der Waals surface area contributed by atoms with E-state index in [1.165, 1.54) is 6.42 Å². The highest BCUT2D eigenvalue weighted by Crippen LogP contribution is 2.21. The van der Waals surface area contributed by atoms with Gasteiger partial charge < -0.3 is 14.7 Å². The average Bonchev–Trinajstić information content (AvgIpc) is 2.42. The third kappa shape index (κ3) is 4.30. The highest BCUT2D eigenvalue weighted by atomic mass is 79.9. The SMILES string of the molecule is CN(Cc1ccc(C(=O)O)cc1Br)CC1CCCOC1. The predicted octanol–water partition coefficient (Wildman–Crippen LogP) is 3.01. The summed E-state index contributed by atoms with van der Waals surface area (Å²) < 4.78 is 6.35. The summed E-state index contributed by atoms with van der Waals surface area (Å²) in [5.41, 5.74) is 1.41. The number of rotatable bonds is 5. The molecule has 0 radical (unpaired) electrons. The third-order valence-corrected chi connectivity index (χ3v) is 4.30. The van der Waals surface area contributed by atoms with Crippen LogP contribution in [0.4, 0.5) is 0 Å². The minimum Gasteiger partial charge on any atom is -0.478 e. The van der Waals surface area contributed by atoms with Gasteiger partial charge in [-0.1, -0.05) is 22.0 Å². The molecule has 1 aromatic rings. The second kappa shape index (κ2) is 7.20. The summed E-state index contributed by atoms with van der Waals surface area (Å²) in [6.07, 6.45) is 2.37. The van der Waals surface area contributed by atoms with Gasteiger partial charge in [0.2, 0.25) is 0 Å². The van der Waals surface area contributed by atoms with Crippen LogP contribution in [0.25, 0.3) is 0 Å². The average molecular weight is 342 g/mol. The van der Waals surface area contributed by atoms with Crippen LogP contribution in [0.1, 0.15) is 28.8 Å². The van der Waals surface area contributed by atoms with Crippen molar-refractivity contribution in [2.24, 2.45) is 5.92 Å². The lowest BCUT2D eigenvalue weighted by Crippen LogP contribution is -2.30. The van der Waals surface area contributed by atoms with Crippen LogP contribution in [-0.4, -0.2) is 42.8 Å². The lowest BCUT2D eigenvalue weighted by atomic mass is 10.0. The van der Waals surface area contributed by atoms with Crippen LogP contribution in [0.2, 0.25) is 0 Å². The maximum absolute atomic E-state index is 10.9. The van der Waals surface area contributed by atoms with Crippen molar-refractivity contribution in [1.82, 2.24) is 4.90 Å². The Labute approximate surface area is 127 Å². The first-order valence-corrected chi connectivity index (χ1v) is 7.63. The molecule has 0 amide bonds. The lowest BCUT2D eigenvalue weighted by molar-refractivity contribution is 0.0411. The van der Waals surface area contributed by atoms with E-state index >= 15 is 0 Å². The van der Waals surface area contributed by atoms with Crippen LogP contribution in [0.3, 0.4) is 0 Å². The largest absolute Gasteiger partial charge is 0.478 e. The maximum atomic E-state index is 10.9. The predicted molar refractivity (Wildman–Crippen MR) is 81.0 cm³/mol. The van der Waals surface area contributed by atoms with Crippen molar-refractivity contribution in [1.29, 1.82) is 0 Å². The molecule has 1 saturated heterocycles. The van der Waals surface area contributed by atoms with Gasteiger partial charge in [0.05, 0.1) is 12.2 Å². The normalized spacial score (nSPS) is 19.2. The van der Waals surface area contributed by atoms with Crippen molar-refractivity contribution in [3.8, 4) is 0 Å². The van der Waals surface area contributed by atoms with Gasteiger partial charge in [0.25, 0.3) is 0 Å². The second-order valence-corrected chi connectivity index (χ2v) is 6.25. The van der Waals surface area contributed by atoms with Crippen LogP contribution in [0.15, 0.2) is 22.7 Å². The molecule has 0 bridgehead atoms. The quantitative estimate of drug-likeness (QED) is 0.894. The molecule has 1 fully saturated rings. The maximum Gasteiger partial charge on any atom is 0.335 e. The van der Waals surface area contributed by atoms with Gasteiger partial charge in [-0.05, 0) is 43.5 Å². The number of halogens is 1. The fraction of sp³-hybridized carbons (Fsp3) is 0.533. The van der Waals surface area contributed by atoms with Crippen LogP contribution in [0.5, 0.6) is 0 Å². The molecule has 1 atom stereocenters. The van der Waals surface area contributed by atoms with E-state index in [4.69, 9.17) is 9.84 Å². The van der Waals surface area contributed by atoms with Crippen LogP contribution in [0, 0.1) is 5.92 Å². The molecule has 2 rings (SSSR count). The molecule has 1 aromatic carbocycles. The van der Waals surface area contributed by atoms with Crippen LogP contribution < -0.4 is 0 Å². The fourth-order valence-corrected chi connectivity index (χ4v) is 3.06. The van der Waals surface area contributed by atoms with Crippen molar-refractivity contribution in [2.75, 3.05) is 26.8 Å². The number of carboxylic acids is 1. The molecular formula is C15H20BrNO3. The molecule has 0 spiro atoms. The molecule has 4 nitrogen and oxygen atoms in total. The van der Waals surface area contributed by atoms with Gasteiger partial charge in [-0.3, -0.25) is 0 Å². The number of hydrogen-bond donors (Lipinski definition) is 1. The van der Waals surface area contributed by atoms with Gasteiger partial charge >= 0.3 is 5.97 Å². The van der Waals surface area contributed by atoms with E-state index in [1.807, 2.05) is 6.07 Å². The zero-order valence-electron chi connectivity index (χ0n) is 11.6. The Morgan fingerprint density at radius 2 is 2.35 bits per heavy atom. The Kier molecular flexibility index (Phi) is 5.57. The molecular weight excluding hydrogens is 322 g/mol. The van der Waals surface area contributed by atoms with Gasteiger partial charge in [-0.15, -0.1) is 0 Å². The van der Waals surface area contributed by atoms with E-state index in [9.17, 15) is 4.79 Å². The van der Waals surface area contributed by atoms with Crippen molar-refractivity contribution in [3.63, 3.8) is 0 Å². The minimum atomic E-state index is -0.898. The van der Waals surface area contributed by atoms with E-state index in [0.29, 0.717) is 11.5 Å². The molecule has 20 heavy (non-hydrogen) atoms. The Morgan fingerprint density at radius 3 is 2.95 bits per heavy atom. The second-order valence-electron chi connectivity index (χ2n) is 5.39. The molecule has 0 aliphatic carbocycles. The lowest BCUT2D eigenvalue weighted by Gasteiger charge is -2.27. The minimum absolute atomic E-state index is 0.309. The number of hydrogen-bond acceptors (Lipinski definition) is 3. The Morgan fingerprint density at radius 1 is 1.55 bits per heavy atom. The highest BCUT2D eigenvalue weighted by molar-refractivity contribution is 9.10. The smallest absolute Gasteiger partial charge is 0.335 e. The first-order chi connectivity index (χ1) is 9.56. The Balaban J connectivity index is 1.93. The Bertz CT molecular complexity index is 472. The van der Waals surface area contributed by atoms with Gasteiger partial charge in [-0.2, -0.15) is 0 Å². The number of carboxylic acid groups (broad SMARTS) is 1. The molecule has 1 N–H and O–H groups in total. The number of carbonyl (C=O) groups is 1. The summed E-state index contributed by atoms with van der Waals surface area (Å²) in [4.78, 5) is 13.2. The van der Waals surface area contributed by atoms with E-state index in [1.54, 1.807) is 12.1 Å². The first-order valence-electron chi connectivity index (χ1n) is 6.84. The van der Waals surface area contributed by atoms with Crippen molar-refractivity contribution < 1.29 is 14.6 Å². The molecule has 1 aliphatic heterocycles. The van der Waals surface area contributed by atoms with Crippen LogP contribution >= 0.6 is 15.9 Å². The number of benzene rings is 1. The molecule has 110 valence electrons. The Hall–Kier alpha value is -0.910. The number of aromatic carboxylic acids is 1. The van der Waals surface area contributed by atoms with E-state index in [0.717, 1.165) is 42.8 Å². The summed E-state index contributed by atoms with van der Waals surface area (Å²) in [5, 5.41) is 8.95. The van der Waals surface area contributed by atoms with E-state index < -0.39 is 5.97 Å². The molecule has 1 unspecified atom stereocenters. The topological polar surface area (TPSA) is 49.8 Å². The van der Waals surface area contributed by atoms with Gasteiger partial charge in [0.1, 0.15) is 0 Å². The number of ether oxygens (including phenoxy) is 1. The van der Waals surface area contributed by atoms with E-state index in [2.05, 4.69) is 27.9 Å². The molecule has 1 heterocycles. The third-order valence-electron chi connectivity index (χ3n) is 3.56. The standard InChI is InChI=1S/C15H20BrNO3/c1-17(8-11-3-2-6-20-10-11)9-13-5-4-12(15(18)19)7-14(13)16/h4-5,7,11H,2-3,6,8-10H2,1H3,(H,18,19). The molecule has 5 heteroatoms. The summed E-state index contributed by atoms with van der Waals surface area (Å²) in [6.45, 7) is 3.55. The zero-order valence-corrected chi connectivity index (χ0v) is 13.2. The number of nitrogens with zero attached hydrogens (tertiary/aromatic N) is 1. The summed E-state index contributed by atoms with van der Waals surface area (Å²) in [6, 6.07) is 5.19. The van der Waals surface area contributed by atoms with Gasteiger partial charge in [-0.25, -0.2) is 4.79 Å². The van der Waals surface area contributed by atoms with Gasteiger partial charge in [0.15, 0.2) is 0 Å². The monoisotopic (exact) mass is 341 g/mol. The zero-order chi connectivity index (χ0) is 14.5. The highest BCUT2D eigenvalue weighted by Gasteiger charge is 2.16. The first kappa shape index (κ1) is 15.5. The molecule has 0 saturated carbocycles. The fourth-order valence-electron chi connectivity index (χ4n) is 2.56. The van der Waals surface area contributed by atoms with Crippen LogP contribution in [-0.2, 0) is 11.3 Å². The summed E-state index contributed by atoms with van der Waals surface area (Å²) >= 11 is 3.45. The van der Waals surface area contributed by atoms with Gasteiger partial charge in [0, 0.05) is 24.2 Å². The summed E-state index contributed by atoms with van der Waals surface area (Å²) in [7, 11) is 2.09. The molecule has 1 aliphatic rings. The summed E-state index contributed by atoms with van der Waals surface area (Å²) in [5.74, 6) is -0.296. The van der Waals surface area contributed by atoms with Crippen molar-refractivity contribution in [3.05, 3.63) is 33.8 Å². The van der Waals surface area contributed by atoms with Crippen molar-refractivity contribution >= 4 is 21.9 Å².